The second-order valence-electron chi connectivity index (χ2n) is 6.63. The van der Waals surface area contributed by atoms with Gasteiger partial charge in [0.25, 0.3) is 5.91 Å². The Hall–Kier alpha value is -2.87. The van der Waals surface area contributed by atoms with Crippen LogP contribution in [0.4, 0.5) is 15.8 Å². The first kappa shape index (κ1) is 18.5. The summed E-state index contributed by atoms with van der Waals surface area (Å²) in [5.41, 5.74) is 1.09. The minimum atomic E-state index is -1.18. The van der Waals surface area contributed by atoms with Gasteiger partial charge < -0.3 is 10.1 Å². The average Bonchev–Trinajstić information content (AvgIpc) is 3.19. The largest absolute Gasteiger partial charge is 0.450 e. The molecule has 0 bridgehead atoms. The Morgan fingerprint density at radius 2 is 1.93 bits per heavy atom. The van der Waals surface area contributed by atoms with Gasteiger partial charge in [0, 0.05) is 23.4 Å². The maximum Gasteiger partial charge on any atom is 0.344 e. The molecule has 1 N–H and O–H groups in total. The van der Waals surface area contributed by atoms with Crippen LogP contribution in [0.1, 0.15) is 19.8 Å². The number of esters is 1. The van der Waals surface area contributed by atoms with Crippen molar-refractivity contribution in [1.29, 1.82) is 0 Å². The van der Waals surface area contributed by atoms with Gasteiger partial charge in [-0.05, 0) is 43.3 Å². The number of benzene rings is 2. The van der Waals surface area contributed by atoms with Gasteiger partial charge in [0.1, 0.15) is 5.82 Å². The molecule has 4 rings (SSSR count). The Labute approximate surface area is 165 Å². The van der Waals surface area contributed by atoms with Crippen LogP contribution in [0.25, 0.3) is 0 Å². The Kier molecular flexibility index (Phi) is 4.58. The third kappa shape index (κ3) is 3.03. The van der Waals surface area contributed by atoms with Crippen LogP contribution in [0.5, 0.6) is 0 Å². The summed E-state index contributed by atoms with van der Waals surface area (Å²) in [6, 6.07) is 12.6. The number of rotatable bonds is 4. The zero-order valence-electron chi connectivity index (χ0n) is 15.0. The summed E-state index contributed by atoms with van der Waals surface area (Å²) in [4.78, 5) is 38.9. The van der Waals surface area contributed by atoms with E-state index in [1.54, 1.807) is 6.07 Å². The molecule has 2 aliphatic rings. The monoisotopic (exact) mass is 400 g/mol. The number of hydrogen-bond acceptors (Lipinski definition) is 5. The lowest BCUT2D eigenvalue weighted by atomic mass is 10.2. The molecule has 0 spiro atoms. The predicted molar refractivity (Wildman–Crippen MR) is 102 cm³/mol. The molecule has 0 saturated carbocycles. The smallest absolute Gasteiger partial charge is 0.344 e. The summed E-state index contributed by atoms with van der Waals surface area (Å²) in [5, 5.41) is 2.58. The second-order valence-corrected chi connectivity index (χ2v) is 7.95. The first-order valence-electron chi connectivity index (χ1n) is 8.79. The highest BCUT2D eigenvalue weighted by Gasteiger charge is 2.58. The number of carbonyl (C=O) groups is 3. The Bertz CT molecular complexity index is 965. The minimum absolute atomic E-state index is 0.141. The van der Waals surface area contributed by atoms with Crippen molar-refractivity contribution in [2.24, 2.45) is 0 Å². The summed E-state index contributed by atoms with van der Waals surface area (Å²) in [6.07, 6.45) is -0.517. The molecular weight excluding hydrogens is 383 g/mol. The lowest BCUT2D eigenvalue weighted by Gasteiger charge is -2.29. The molecule has 2 amide bonds. The third-order valence-electron chi connectivity index (χ3n) is 4.76. The number of carbonyl (C=O) groups excluding carboxylic acids is 3. The number of hydrogen-bond donors (Lipinski definition) is 1. The molecule has 2 heterocycles. The molecule has 1 fully saturated rings. The molecule has 0 aliphatic carbocycles. The van der Waals surface area contributed by atoms with Crippen LogP contribution < -0.4 is 10.2 Å². The molecule has 28 heavy (non-hydrogen) atoms. The molecular formula is C20H17FN2O4S. The van der Waals surface area contributed by atoms with Crippen molar-refractivity contribution in [2.45, 2.75) is 35.6 Å². The molecule has 1 saturated heterocycles. The number of thioether (sulfide) groups is 1. The number of nitrogens with zero attached hydrogens (tertiary/aromatic N) is 1. The van der Waals surface area contributed by atoms with Gasteiger partial charge in [0.2, 0.25) is 5.91 Å². The van der Waals surface area contributed by atoms with Crippen molar-refractivity contribution in [3.05, 3.63) is 54.3 Å². The summed E-state index contributed by atoms with van der Waals surface area (Å²) in [5.74, 6) is -1.72. The van der Waals surface area contributed by atoms with Crippen molar-refractivity contribution in [3.63, 3.8) is 0 Å². The van der Waals surface area contributed by atoms with Crippen molar-refractivity contribution in [2.75, 3.05) is 10.2 Å². The van der Waals surface area contributed by atoms with Crippen molar-refractivity contribution in [1.82, 2.24) is 0 Å². The fraction of sp³-hybridized carbons (Fsp3) is 0.250. The fourth-order valence-electron chi connectivity index (χ4n) is 3.36. The van der Waals surface area contributed by atoms with E-state index in [-0.39, 0.29) is 12.3 Å². The Morgan fingerprint density at radius 1 is 1.21 bits per heavy atom. The van der Waals surface area contributed by atoms with E-state index in [1.165, 1.54) is 47.9 Å². The minimum Gasteiger partial charge on any atom is -0.450 e. The zero-order chi connectivity index (χ0) is 19.9. The first-order valence-corrected chi connectivity index (χ1v) is 9.61. The van der Waals surface area contributed by atoms with Crippen molar-refractivity contribution in [3.8, 4) is 0 Å². The van der Waals surface area contributed by atoms with Gasteiger partial charge in [-0.3, -0.25) is 14.5 Å². The number of ether oxygens (including phenoxy) is 1. The normalized spacial score (nSPS) is 21.1. The molecule has 144 valence electrons. The van der Waals surface area contributed by atoms with E-state index < -0.39 is 28.7 Å². The van der Waals surface area contributed by atoms with E-state index in [0.717, 1.165) is 4.90 Å². The molecule has 8 heteroatoms. The highest BCUT2D eigenvalue weighted by molar-refractivity contribution is 8.02. The van der Waals surface area contributed by atoms with Crippen LogP contribution in [-0.2, 0) is 19.1 Å². The molecule has 0 radical (unpaired) electrons. The lowest BCUT2D eigenvalue weighted by molar-refractivity contribution is -0.155. The number of halogens is 1. The maximum absolute atomic E-state index is 13.0. The van der Waals surface area contributed by atoms with E-state index in [9.17, 15) is 18.8 Å². The van der Waals surface area contributed by atoms with Crippen LogP contribution in [0, 0.1) is 5.82 Å². The maximum atomic E-state index is 13.0. The van der Waals surface area contributed by atoms with Crippen molar-refractivity contribution >= 4 is 40.9 Å². The summed E-state index contributed by atoms with van der Waals surface area (Å²) < 4.78 is 18.4. The van der Waals surface area contributed by atoms with Crippen LogP contribution in [0.15, 0.2) is 53.4 Å². The topological polar surface area (TPSA) is 75.7 Å². The molecule has 0 unspecified atom stereocenters. The van der Waals surface area contributed by atoms with Crippen LogP contribution in [0.2, 0.25) is 0 Å². The predicted octanol–water partition coefficient (Wildman–Crippen LogP) is 3.32. The van der Waals surface area contributed by atoms with Crippen LogP contribution in [0.3, 0.4) is 0 Å². The number of anilines is 2. The molecule has 6 nitrogen and oxygen atoms in total. The fourth-order valence-corrected chi connectivity index (χ4v) is 4.76. The van der Waals surface area contributed by atoms with Gasteiger partial charge >= 0.3 is 5.97 Å². The first-order chi connectivity index (χ1) is 13.4. The number of fused-ring (bicyclic) bond motifs is 3. The van der Waals surface area contributed by atoms with Gasteiger partial charge in [0.15, 0.2) is 11.0 Å². The van der Waals surface area contributed by atoms with E-state index in [4.69, 9.17) is 4.74 Å². The second kappa shape index (κ2) is 6.94. The molecule has 2 atom stereocenters. The Morgan fingerprint density at radius 3 is 2.68 bits per heavy atom. The van der Waals surface area contributed by atoms with Crippen LogP contribution in [-0.4, -0.2) is 28.8 Å². The summed E-state index contributed by atoms with van der Waals surface area (Å²) in [6.45, 7) is 1.46. The van der Waals surface area contributed by atoms with Gasteiger partial charge in [-0.2, -0.15) is 0 Å². The standard InChI is InChI=1S/C20H17FN2O4S/c1-12(18(25)22-14-8-6-13(21)7-9-14)27-19(26)20-11-10-17(24)23(20)15-4-2-3-5-16(15)28-20/h2-9,12H,10-11H2,1H3,(H,22,25)/t12-,20-/m1/s1. The SMILES string of the molecule is C[C@@H](OC(=O)[C@]12CCC(=O)N1c1ccccc1S2)C(=O)Nc1ccc(F)cc1. The number of amides is 2. The highest BCUT2D eigenvalue weighted by Crippen LogP contribution is 2.56. The van der Waals surface area contributed by atoms with E-state index in [1.807, 2.05) is 18.2 Å². The highest BCUT2D eigenvalue weighted by atomic mass is 32.2. The van der Waals surface area contributed by atoms with Gasteiger partial charge in [-0.25, -0.2) is 9.18 Å². The molecule has 2 aliphatic heterocycles. The van der Waals surface area contributed by atoms with E-state index >= 15 is 0 Å². The number of para-hydroxylation sites is 1. The average molecular weight is 400 g/mol. The van der Waals surface area contributed by atoms with Crippen LogP contribution >= 0.6 is 11.8 Å². The lowest BCUT2D eigenvalue weighted by Crippen LogP contribution is -2.49. The quantitative estimate of drug-likeness (QED) is 0.797. The third-order valence-corrected chi connectivity index (χ3v) is 6.21. The molecule has 0 aromatic heterocycles. The molecule has 2 aromatic rings. The summed E-state index contributed by atoms with van der Waals surface area (Å²) >= 11 is 1.28. The van der Waals surface area contributed by atoms with E-state index in [2.05, 4.69) is 5.32 Å². The summed E-state index contributed by atoms with van der Waals surface area (Å²) in [7, 11) is 0. The number of nitrogens with one attached hydrogen (secondary N) is 1. The zero-order valence-corrected chi connectivity index (χ0v) is 15.8. The van der Waals surface area contributed by atoms with E-state index in [0.29, 0.717) is 17.8 Å². The molecule has 2 aromatic carbocycles. The van der Waals surface area contributed by atoms with Gasteiger partial charge in [-0.15, -0.1) is 0 Å². The van der Waals surface area contributed by atoms with Gasteiger partial charge in [-0.1, -0.05) is 23.9 Å². The van der Waals surface area contributed by atoms with Gasteiger partial charge in [0.05, 0.1) is 5.69 Å². The van der Waals surface area contributed by atoms with Crippen molar-refractivity contribution < 1.29 is 23.5 Å². The Balaban J connectivity index is 1.49.